The second kappa shape index (κ2) is 7.20. The van der Waals surface area contributed by atoms with Gasteiger partial charge in [0.1, 0.15) is 0 Å². The predicted octanol–water partition coefficient (Wildman–Crippen LogP) is 2.15. The Kier molecular flexibility index (Phi) is 5.60. The van der Waals surface area contributed by atoms with E-state index in [-0.39, 0.29) is 11.6 Å². The molecule has 102 valence electrons. The van der Waals surface area contributed by atoms with Crippen LogP contribution in [0.2, 0.25) is 0 Å². The molecule has 0 aliphatic carbocycles. The molecule has 0 saturated carbocycles. The van der Waals surface area contributed by atoms with Crippen LogP contribution in [0, 0.1) is 0 Å². The maximum Gasteiger partial charge on any atom is 0.335 e. The molecule has 0 aromatic heterocycles. The van der Waals surface area contributed by atoms with E-state index in [2.05, 4.69) is 17.2 Å². The summed E-state index contributed by atoms with van der Waals surface area (Å²) in [4.78, 5) is 22.1. The number of rotatable bonds is 6. The number of carbonyl (C=O) groups is 2. The van der Waals surface area contributed by atoms with Crippen LogP contribution in [0.4, 0.5) is 4.79 Å². The van der Waals surface area contributed by atoms with Gasteiger partial charge < -0.3 is 15.7 Å². The van der Waals surface area contributed by atoms with Crippen LogP contribution < -0.4 is 10.6 Å². The van der Waals surface area contributed by atoms with Gasteiger partial charge in [0.15, 0.2) is 0 Å². The summed E-state index contributed by atoms with van der Waals surface area (Å²) in [7, 11) is 0. The number of hydrogen-bond donors (Lipinski definition) is 3. The van der Waals surface area contributed by atoms with Gasteiger partial charge in [-0.05, 0) is 24.1 Å². The maximum atomic E-state index is 11.5. The Morgan fingerprint density at radius 3 is 2.37 bits per heavy atom. The van der Waals surface area contributed by atoms with E-state index < -0.39 is 5.97 Å². The van der Waals surface area contributed by atoms with E-state index in [4.69, 9.17) is 5.11 Å². The van der Waals surface area contributed by atoms with E-state index in [0.717, 1.165) is 17.6 Å². The second-order valence-corrected chi connectivity index (χ2v) is 4.14. The molecule has 5 heteroatoms. The average molecular weight is 262 g/mol. The van der Waals surface area contributed by atoms with Crippen molar-refractivity contribution >= 4 is 12.0 Å². The zero-order chi connectivity index (χ0) is 14.3. The largest absolute Gasteiger partial charge is 0.478 e. The molecule has 2 amide bonds. The van der Waals surface area contributed by atoms with Gasteiger partial charge in [-0.25, -0.2) is 9.59 Å². The van der Waals surface area contributed by atoms with Gasteiger partial charge >= 0.3 is 12.0 Å². The van der Waals surface area contributed by atoms with Gasteiger partial charge in [-0.3, -0.25) is 0 Å². The Balaban J connectivity index is 2.37. The lowest BCUT2D eigenvalue weighted by Gasteiger charge is -2.08. The third kappa shape index (κ3) is 5.25. The highest BCUT2D eigenvalue weighted by molar-refractivity contribution is 5.87. The number of urea groups is 1. The number of hydrogen-bond acceptors (Lipinski definition) is 2. The lowest BCUT2D eigenvalue weighted by atomic mass is 10.1. The Bertz CT molecular complexity index is 466. The third-order valence-electron chi connectivity index (χ3n) is 2.65. The van der Waals surface area contributed by atoms with Crippen molar-refractivity contribution in [3.05, 3.63) is 47.5 Å². The zero-order valence-corrected chi connectivity index (χ0v) is 10.9. The van der Waals surface area contributed by atoms with Crippen LogP contribution >= 0.6 is 0 Å². The fourth-order valence-corrected chi connectivity index (χ4v) is 1.34. The number of amides is 2. The molecule has 0 saturated heterocycles. The normalized spacial score (nSPS) is 9.74. The average Bonchev–Trinajstić information content (AvgIpc) is 2.42. The van der Waals surface area contributed by atoms with Crippen molar-refractivity contribution in [2.75, 3.05) is 6.54 Å². The van der Waals surface area contributed by atoms with E-state index in [1.165, 1.54) is 12.1 Å². The molecule has 0 aliphatic heterocycles. The number of carbonyl (C=O) groups excluding carboxylic acids is 1. The standard InChI is InChI=1S/C14H18N2O3/c1-3-10(2)8-15-14(19)16-9-11-4-6-12(7-5-11)13(17)18/h4-7H,2-3,8-9H2,1H3,(H,17,18)(H2,15,16,19). The molecule has 0 radical (unpaired) electrons. The minimum atomic E-state index is -0.963. The van der Waals surface area contributed by atoms with E-state index in [9.17, 15) is 9.59 Å². The van der Waals surface area contributed by atoms with Crippen LogP contribution in [0.15, 0.2) is 36.4 Å². The number of benzene rings is 1. The van der Waals surface area contributed by atoms with Gasteiger partial charge in [-0.2, -0.15) is 0 Å². The Morgan fingerprint density at radius 1 is 1.21 bits per heavy atom. The molecular weight excluding hydrogens is 244 g/mol. The molecule has 0 heterocycles. The highest BCUT2D eigenvalue weighted by Gasteiger charge is 2.03. The molecule has 0 aliphatic rings. The maximum absolute atomic E-state index is 11.5. The molecule has 1 rings (SSSR count). The minimum Gasteiger partial charge on any atom is -0.478 e. The first-order valence-electron chi connectivity index (χ1n) is 6.03. The molecule has 1 aromatic rings. The van der Waals surface area contributed by atoms with E-state index in [1.54, 1.807) is 12.1 Å². The van der Waals surface area contributed by atoms with E-state index in [1.807, 2.05) is 6.92 Å². The fourth-order valence-electron chi connectivity index (χ4n) is 1.34. The lowest BCUT2D eigenvalue weighted by Crippen LogP contribution is -2.35. The highest BCUT2D eigenvalue weighted by atomic mass is 16.4. The Labute approximate surface area is 112 Å². The lowest BCUT2D eigenvalue weighted by molar-refractivity contribution is 0.0697. The number of carboxylic acid groups (broad SMARTS) is 1. The molecule has 0 atom stereocenters. The van der Waals surface area contributed by atoms with Gasteiger partial charge in [-0.15, -0.1) is 0 Å². The molecule has 0 spiro atoms. The first kappa shape index (κ1) is 14.8. The highest BCUT2D eigenvalue weighted by Crippen LogP contribution is 2.04. The summed E-state index contributed by atoms with van der Waals surface area (Å²) < 4.78 is 0. The van der Waals surface area contributed by atoms with Crippen LogP contribution in [0.5, 0.6) is 0 Å². The summed E-state index contributed by atoms with van der Waals surface area (Å²) in [5.74, 6) is -0.963. The molecule has 0 unspecified atom stereocenters. The van der Waals surface area contributed by atoms with E-state index >= 15 is 0 Å². The van der Waals surface area contributed by atoms with Crippen molar-refractivity contribution in [1.82, 2.24) is 10.6 Å². The Morgan fingerprint density at radius 2 is 1.84 bits per heavy atom. The smallest absolute Gasteiger partial charge is 0.335 e. The topological polar surface area (TPSA) is 78.4 Å². The molecule has 0 fully saturated rings. The van der Waals surface area contributed by atoms with Gasteiger partial charge in [0.05, 0.1) is 5.56 Å². The quantitative estimate of drug-likeness (QED) is 0.687. The number of carboxylic acids is 1. The van der Waals surface area contributed by atoms with Crippen LogP contribution in [0.25, 0.3) is 0 Å². The first-order chi connectivity index (χ1) is 9.02. The van der Waals surface area contributed by atoms with Crippen LogP contribution in [0.3, 0.4) is 0 Å². The van der Waals surface area contributed by atoms with E-state index in [0.29, 0.717) is 13.1 Å². The van der Waals surface area contributed by atoms with Crippen molar-refractivity contribution in [2.24, 2.45) is 0 Å². The van der Waals surface area contributed by atoms with Gasteiger partial charge in [-0.1, -0.05) is 31.2 Å². The molecule has 5 nitrogen and oxygen atoms in total. The molecular formula is C14H18N2O3. The molecule has 3 N–H and O–H groups in total. The zero-order valence-electron chi connectivity index (χ0n) is 10.9. The van der Waals surface area contributed by atoms with Crippen LogP contribution in [0.1, 0.15) is 29.3 Å². The number of aromatic carboxylic acids is 1. The summed E-state index contributed by atoms with van der Waals surface area (Å²) in [5, 5.41) is 14.1. The van der Waals surface area contributed by atoms with Crippen molar-refractivity contribution in [1.29, 1.82) is 0 Å². The summed E-state index contributed by atoms with van der Waals surface area (Å²) in [6, 6.07) is 6.10. The van der Waals surface area contributed by atoms with Crippen LogP contribution in [-0.2, 0) is 6.54 Å². The SMILES string of the molecule is C=C(CC)CNC(=O)NCc1ccc(C(=O)O)cc1. The van der Waals surface area contributed by atoms with Gasteiger partial charge in [0.2, 0.25) is 0 Å². The molecule has 19 heavy (non-hydrogen) atoms. The summed E-state index contributed by atoms with van der Waals surface area (Å²) in [6.45, 7) is 6.58. The van der Waals surface area contributed by atoms with Crippen molar-refractivity contribution in [2.45, 2.75) is 19.9 Å². The van der Waals surface area contributed by atoms with Crippen molar-refractivity contribution in [3.63, 3.8) is 0 Å². The van der Waals surface area contributed by atoms with Gasteiger partial charge in [0.25, 0.3) is 0 Å². The monoisotopic (exact) mass is 262 g/mol. The second-order valence-electron chi connectivity index (χ2n) is 4.14. The molecule has 0 bridgehead atoms. The van der Waals surface area contributed by atoms with Crippen molar-refractivity contribution < 1.29 is 14.7 Å². The summed E-state index contributed by atoms with van der Waals surface area (Å²) in [5.41, 5.74) is 2.03. The fraction of sp³-hybridized carbons (Fsp3) is 0.286. The molecule has 1 aromatic carbocycles. The first-order valence-corrected chi connectivity index (χ1v) is 6.03. The Hall–Kier alpha value is -2.30. The number of nitrogens with one attached hydrogen (secondary N) is 2. The minimum absolute atomic E-state index is 0.229. The third-order valence-corrected chi connectivity index (χ3v) is 2.65. The van der Waals surface area contributed by atoms with Crippen molar-refractivity contribution in [3.8, 4) is 0 Å². The summed E-state index contributed by atoms with van der Waals surface area (Å²) >= 11 is 0. The van der Waals surface area contributed by atoms with Crippen LogP contribution in [-0.4, -0.2) is 23.7 Å². The predicted molar refractivity (Wildman–Crippen MR) is 73.1 cm³/mol. The van der Waals surface area contributed by atoms with Gasteiger partial charge in [0, 0.05) is 13.1 Å². The summed E-state index contributed by atoms with van der Waals surface area (Å²) in [6.07, 6.45) is 0.830.